The Kier molecular flexibility index (Phi) is 3.74. The van der Waals surface area contributed by atoms with Gasteiger partial charge in [-0.05, 0) is 24.4 Å². The molecule has 0 heterocycles. The molecule has 0 amide bonds. The summed E-state index contributed by atoms with van der Waals surface area (Å²) < 4.78 is 63.5. The minimum absolute atomic E-state index is 0.168. The third-order valence-corrected chi connectivity index (χ3v) is 3.21. The van der Waals surface area contributed by atoms with Gasteiger partial charge in [0.1, 0.15) is 5.78 Å². The van der Waals surface area contributed by atoms with Crippen LogP contribution in [0.1, 0.15) is 25.7 Å². The lowest BCUT2D eigenvalue weighted by Crippen LogP contribution is -2.63. The molecular formula is C9H10ClF5O2. The zero-order valence-electron chi connectivity index (χ0n) is 8.53. The molecule has 100 valence electrons. The Morgan fingerprint density at radius 2 is 1.71 bits per heavy atom. The second-order valence-electron chi connectivity index (χ2n) is 4.03. The van der Waals surface area contributed by atoms with Crippen LogP contribution >= 0.6 is 11.6 Å². The van der Waals surface area contributed by atoms with E-state index in [-0.39, 0.29) is 12.8 Å². The molecule has 1 fully saturated rings. The Labute approximate surface area is 98.7 Å². The summed E-state index contributed by atoms with van der Waals surface area (Å²) in [5, 5.41) is 4.31. The van der Waals surface area contributed by atoms with E-state index < -0.39 is 35.3 Å². The normalized spacial score (nSPS) is 26.8. The van der Waals surface area contributed by atoms with Crippen LogP contribution in [-0.2, 0) is 4.79 Å². The maximum Gasteiger partial charge on any atom is 0.425 e. The Bertz CT molecular complexity index is 295. The first-order valence-corrected chi connectivity index (χ1v) is 5.28. The van der Waals surface area contributed by atoms with Gasteiger partial charge in [0.05, 0.1) is 5.92 Å². The zero-order chi connectivity index (χ0) is 13.5. The van der Waals surface area contributed by atoms with Gasteiger partial charge >= 0.3 is 11.6 Å². The summed E-state index contributed by atoms with van der Waals surface area (Å²) in [7, 11) is 0. The van der Waals surface area contributed by atoms with Crippen LogP contribution in [0, 0.1) is 5.92 Å². The van der Waals surface area contributed by atoms with Crippen molar-refractivity contribution in [2.45, 2.75) is 42.8 Å². The minimum atomic E-state index is -5.67. The molecule has 1 saturated carbocycles. The lowest BCUT2D eigenvalue weighted by molar-refractivity contribution is -0.326. The van der Waals surface area contributed by atoms with E-state index in [0.29, 0.717) is 6.42 Å². The average molecular weight is 281 g/mol. The van der Waals surface area contributed by atoms with Crippen LogP contribution in [-0.4, -0.2) is 28.0 Å². The Hall–Kier alpha value is -0.430. The zero-order valence-corrected chi connectivity index (χ0v) is 9.28. The molecule has 0 aromatic carbocycles. The highest BCUT2D eigenvalue weighted by atomic mass is 35.5. The highest BCUT2D eigenvalue weighted by molar-refractivity contribution is 6.22. The molecule has 1 aliphatic carbocycles. The lowest BCUT2D eigenvalue weighted by Gasteiger charge is -2.40. The van der Waals surface area contributed by atoms with Crippen molar-refractivity contribution in [3.63, 3.8) is 0 Å². The molecule has 0 aliphatic heterocycles. The number of carbonyl (C=O) groups excluding carboxylic acids is 1. The van der Waals surface area contributed by atoms with E-state index >= 15 is 0 Å². The van der Waals surface area contributed by atoms with E-state index in [1.165, 1.54) is 0 Å². The number of ketones is 1. The number of aliphatic hydroxyl groups is 1. The summed E-state index contributed by atoms with van der Waals surface area (Å²) in [6.07, 6.45) is -5.87. The molecule has 0 saturated heterocycles. The number of rotatable bonds is 2. The highest BCUT2D eigenvalue weighted by Gasteiger charge is 2.73. The second kappa shape index (κ2) is 4.35. The molecule has 1 aliphatic rings. The molecular weight excluding hydrogens is 271 g/mol. The molecule has 17 heavy (non-hydrogen) atoms. The maximum absolute atomic E-state index is 12.9. The minimum Gasteiger partial charge on any atom is -0.374 e. The first-order chi connectivity index (χ1) is 7.52. The third-order valence-electron chi connectivity index (χ3n) is 2.92. The summed E-state index contributed by atoms with van der Waals surface area (Å²) in [6, 6.07) is 0. The van der Waals surface area contributed by atoms with Crippen molar-refractivity contribution in [3.8, 4) is 0 Å². The van der Waals surface area contributed by atoms with E-state index in [1.807, 2.05) is 0 Å². The molecule has 0 unspecified atom stereocenters. The number of alkyl halides is 6. The molecule has 0 bridgehead atoms. The van der Waals surface area contributed by atoms with Gasteiger partial charge in [0.2, 0.25) is 5.60 Å². The van der Waals surface area contributed by atoms with Crippen molar-refractivity contribution in [1.29, 1.82) is 0 Å². The van der Waals surface area contributed by atoms with Gasteiger partial charge in [0.15, 0.2) is 0 Å². The van der Waals surface area contributed by atoms with Crippen LogP contribution in [0.25, 0.3) is 0 Å². The number of hydrogen-bond donors (Lipinski definition) is 1. The van der Waals surface area contributed by atoms with Crippen LogP contribution in [0.15, 0.2) is 0 Å². The van der Waals surface area contributed by atoms with Crippen molar-refractivity contribution in [3.05, 3.63) is 0 Å². The van der Waals surface area contributed by atoms with Crippen molar-refractivity contribution in [2.24, 2.45) is 5.92 Å². The molecule has 8 heteroatoms. The van der Waals surface area contributed by atoms with E-state index in [9.17, 15) is 31.9 Å². The van der Waals surface area contributed by atoms with E-state index in [4.69, 9.17) is 0 Å². The predicted octanol–water partition coefficient (Wildman–Crippen LogP) is 2.87. The SMILES string of the molecule is O=C1CCCC[C@@H]1[C@](O)(C(F)(F)F)C(F)(F)Cl. The van der Waals surface area contributed by atoms with Crippen molar-refractivity contribution in [1.82, 2.24) is 0 Å². The van der Waals surface area contributed by atoms with Crippen LogP contribution < -0.4 is 0 Å². The standard InChI is InChI=1S/C9H10ClF5O2/c10-8(11,12)7(17,9(13,14)15)5-3-1-2-4-6(5)16/h5,17H,1-4H2/t5-,7+/m0/s1. The maximum atomic E-state index is 12.9. The molecule has 2 atom stereocenters. The Balaban J connectivity index is 3.20. The first-order valence-electron chi connectivity index (χ1n) is 4.90. The first kappa shape index (κ1) is 14.6. The summed E-state index contributed by atoms with van der Waals surface area (Å²) in [4.78, 5) is 11.3. The van der Waals surface area contributed by atoms with Crippen molar-refractivity contribution in [2.75, 3.05) is 0 Å². The molecule has 2 nitrogen and oxygen atoms in total. The van der Waals surface area contributed by atoms with Crippen molar-refractivity contribution >= 4 is 17.4 Å². The van der Waals surface area contributed by atoms with Crippen molar-refractivity contribution < 1.29 is 31.9 Å². The van der Waals surface area contributed by atoms with Gasteiger partial charge < -0.3 is 5.11 Å². The molecule has 0 spiro atoms. The number of hydrogen-bond acceptors (Lipinski definition) is 2. The third kappa shape index (κ3) is 2.40. The van der Waals surface area contributed by atoms with Gasteiger partial charge in [-0.15, -0.1) is 0 Å². The van der Waals surface area contributed by atoms with Crippen LogP contribution in [0.5, 0.6) is 0 Å². The van der Waals surface area contributed by atoms with E-state index in [1.54, 1.807) is 0 Å². The van der Waals surface area contributed by atoms with Gasteiger partial charge in [-0.1, -0.05) is 6.42 Å². The number of carbonyl (C=O) groups is 1. The summed E-state index contributed by atoms with van der Waals surface area (Å²) >= 11 is 4.37. The quantitative estimate of drug-likeness (QED) is 0.624. The summed E-state index contributed by atoms with van der Waals surface area (Å²) in [5.41, 5.74) is -4.50. The van der Waals surface area contributed by atoms with Crippen LogP contribution in [0.3, 0.4) is 0 Å². The lowest BCUT2D eigenvalue weighted by atomic mass is 9.75. The fourth-order valence-corrected chi connectivity index (χ4v) is 2.22. The molecule has 1 rings (SSSR count). The largest absolute Gasteiger partial charge is 0.425 e. The summed E-state index contributed by atoms with van der Waals surface area (Å²) in [5.74, 6) is -3.24. The molecule has 1 N–H and O–H groups in total. The Morgan fingerprint density at radius 3 is 2.06 bits per heavy atom. The number of halogens is 6. The van der Waals surface area contributed by atoms with Gasteiger partial charge in [-0.3, -0.25) is 4.79 Å². The monoisotopic (exact) mass is 280 g/mol. The topological polar surface area (TPSA) is 37.3 Å². The molecule has 0 aromatic heterocycles. The fourth-order valence-electron chi connectivity index (χ4n) is 1.98. The molecule has 0 radical (unpaired) electrons. The van der Waals surface area contributed by atoms with Gasteiger partial charge in [-0.2, -0.15) is 22.0 Å². The fraction of sp³-hybridized carbons (Fsp3) is 0.889. The van der Waals surface area contributed by atoms with Gasteiger partial charge in [-0.25, -0.2) is 0 Å². The summed E-state index contributed by atoms with van der Waals surface area (Å²) in [6.45, 7) is 0. The van der Waals surface area contributed by atoms with E-state index in [2.05, 4.69) is 11.6 Å². The highest BCUT2D eigenvalue weighted by Crippen LogP contribution is 2.51. The van der Waals surface area contributed by atoms with Gasteiger partial charge in [0, 0.05) is 6.42 Å². The smallest absolute Gasteiger partial charge is 0.374 e. The molecule has 0 aromatic rings. The van der Waals surface area contributed by atoms with Crippen LogP contribution in [0.2, 0.25) is 0 Å². The van der Waals surface area contributed by atoms with Gasteiger partial charge in [0.25, 0.3) is 0 Å². The second-order valence-corrected chi connectivity index (χ2v) is 4.50. The average Bonchev–Trinajstić information content (AvgIpc) is 2.13. The predicted molar refractivity (Wildman–Crippen MR) is 48.8 cm³/mol. The van der Waals surface area contributed by atoms with Crippen LogP contribution in [0.4, 0.5) is 22.0 Å². The Morgan fingerprint density at radius 1 is 1.18 bits per heavy atom. The van der Waals surface area contributed by atoms with E-state index in [0.717, 1.165) is 0 Å². The number of Topliss-reactive ketones (excluding diaryl/α,β-unsaturated/α-hetero) is 1.